The monoisotopic (exact) mass is 257 g/mol. The van der Waals surface area contributed by atoms with E-state index in [9.17, 15) is 4.39 Å². The lowest BCUT2D eigenvalue weighted by Crippen LogP contribution is -2.18. The fraction of sp³-hybridized carbons (Fsp3) is 0.385. The van der Waals surface area contributed by atoms with Crippen LogP contribution in [0.2, 0.25) is 0 Å². The zero-order chi connectivity index (χ0) is 12.8. The molecule has 0 fully saturated rings. The highest BCUT2D eigenvalue weighted by atomic mass is 35.5. The second-order valence-electron chi connectivity index (χ2n) is 3.77. The van der Waals surface area contributed by atoms with Crippen molar-refractivity contribution in [2.45, 2.75) is 19.9 Å². The lowest BCUT2D eigenvalue weighted by molar-refractivity contribution is 0.350. The molecule has 0 aliphatic rings. The van der Waals surface area contributed by atoms with Crippen LogP contribution in [-0.4, -0.2) is 13.2 Å². The summed E-state index contributed by atoms with van der Waals surface area (Å²) in [5.41, 5.74) is 0.782. The number of rotatable bonds is 6. The number of halogens is 2. The molecule has 0 heterocycles. The van der Waals surface area contributed by atoms with Crippen LogP contribution in [0.15, 0.2) is 29.8 Å². The van der Waals surface area contributed by atoms with Gasteiger partial charge in [-0.1, -0.05) is 25.1 Å². The number of nitrogens with one attached hydrogen (secondary N) is 1. The van der Waals surface area contributed by atoms with E-state index in [1.165, 1.54) is 12.1 Å². The van der Waals surface area contributed by atoms with Crippen LogP contribution in [0.25, 0.3) is 0 Å². The first kappa shape index (κ1) is 14.0. The summed E-state index contributed by atoms with van der Waals surface area (Å²) in [6.07, 6.45) is 0. The van der Waals surface area contributed by atoms with Crippen molar-refractivity contribution in [3.05, 3.63) is 41.2 Å². The predicted octanol–water partition coefficient (Wildman–Crippen LogP) is 3.63. The number of benzene rings is 1. The molecule has 1 aromatic carbocycles. The maximum Gasteiger partial charge on any atom is 0.124 e. The van der Waals surface area contributed by atoms with Crippen LogP contribution in [0.3, 0.4) is 0 Å². The number of ether oxygens (including phenoxy) is 1. The summed E-state index contributed by atoms with van der Waals surface area (Å²) >= 11 is 5.64. The molecule has 1 aromatic rings. The molecule has 1 N–H and O–H groups in total. The average Bonchev–Trinajstić information content (AvgIpc) is 2.27. The van der Waals surface area contributed by atoms with Gasteiger partial charge in [0.25, 0.3) is 0 Å². The lowest BCUT2D eigenvalue weighted by Gasteiger charge is -2.17. The van der Waals surface area contributed by atoms with E-state index in [1.54, 1.807) is 6.07 Å². The Bertz CT molecular complexity index is 395. The molecule has 0 amide bonds. The van der Waals surface area contributed by atoms with Crippen molar-refractivity contribution in [2.75, 3.05) is 13.2 Å². The molecule has 0 bridgehead atoms. The second-order valence-corrected chi connectivity index (χ2v) is 4.30. The minimum absolute atomic E-state index is 0.0225. The van der Waals surface area contributed by atoms with E-state index in [4.69, 9.17) is 16.3 Å². The smallest absolute Gasteiger partial charge is 0.124 e. The molecule has 0 radical (unpaired) electrons. The van der Waals surface area contributed by atoms with Crippen molar-refractivity contribution in [1.82, 2.24) is 5.32 Å². The van der Waals surface area contributed by atoms with Gasteiger partial charge in [0, 0.05) is 16.6 Å². The predicted molar refractivity (Wildman–Crippen MR) is 69.0 cm³/mol. The third kappa shape index (κ3) is 4.36. The molecule has 2 nitrogen and oxygen atoms in total. The van der Waals surface area contributed by atoms with Crippen molar-refractivity contribution in [3.63, 3.8) is 0 Å². The highest BCUT2D eigenvalue weighted by molar-refractivity contribution is 6.29. The van der Waals surface area contributed by atoms with Gasteiger partial charge in [0.05, 0.1) is 0 Å². The average molecular weight is 258 g/mol. The molecule has 0 saturated carbocycles. The molecule has 1 unspecified atom stereocenters. The highest BCUT2D eigenvalue weighted by Gasteiger charge is 2.12. The van der Waals surface area contributed by atoms with Crippen molar-refractivity contribution < 1.29 is 9.13 Å². The molecule has 17 heavy (non-hydrogen) atoms. The van der Waals surface area contributed by atoms with Crippen LogP contribution in [-0.2, 0) is 0 Å². The SMILES string of the molecule is C=C(Cl)COc1ccc(F)cc1C(C)NCC. The van der Waals surface area contributed by atoms with E-state index in [0.717, 1.165) is 12.1 Å². The molecule has 4 heteroatoms. The molecule has 94 valence electrons. The van der Waals surface area contributed by atoms with Gasteiger partial charge in [-0.25, -0.2) is 4.39 Å². The molecule has 0 aromatic heterocycles. The van der Waals surface area contributed by atoms with Crippen LogP contribution < -0.4 is 10.1 Å². The Hall–Kier alpha value is -1.06. The standard InChI is InChI=1S/C13H17ClFNO/c1-4-16-10(3)12-7-11(15)5-6-13(12)17-8-9(2)14/h5-7,10,16H,2,4,8H2,1,3H3. The Kier molecular flexibility index (Phi) is 5.45. The van der Waals surface area contributed by atoms with Gasteiger partial charge in [0.1, 0.15) is 18.2 Å². The normalized spacial score (nSPS) is 12.2. The summed E-state index contributed by atoms with van der Waals surface area (Å²) in [5.74, 6) is 0.350. The van der Waals surface area contributed by atoms with Gasteiger partial charge in [-0.2, -0.15) is 0 Å². The van der Waals surface area contributed by atoms with E-state index in [0.29, 0.717) is 10.8 Å². The summed E-state index contributed by atoms with van der Waals surface area (Å²) in [4.78, 5) is 0. The molecule has 1 rings (SSSR count). The van der Waals surface area contributed by atoms with E-state index < -0.39 is 0 Å². The molecule has 0 spiro atoms. The van der Waals surface area contributed by atoms with Crippen LogP contribution in [0.4, 0.5) is 4.39 Å². The molecule has 0 aliphatic carbocycles. The van der Waals surface area contributed by atoms with Gasteiger partial charge >= 0.3 is 0 Å². The summed E-state index contributed by atoms with van der Waals surface area (Å²) in [6, 6.07) is 4.47. The largest absolute Gasteiger partial charge is 0.488 e. The van der Waals surface area contributed by atoms with E-state index >= 15 is 0 Å². The van der Waals surface area contributed by atoms with Gasteiger partial charge in [-0.05, 0) is 31.7 Å². The van der Waals surface area contributed by atoms with Crippen LogP contribution in [0.1, 0.15) is 25.5 Å². The first-order valence-corrected chi connectivity index (χ1v) is 5.91. The van der Waals surface area contributed by atoms with E-state index in [1.807, 2.05) is 13.8 Å². The van der Waals surface area contributed by atoms with Crippen LogP contribution in [0.5, 0.6) is 5.75 Å². The van der Waals surface area contributed by atoms with Gasteiger partial charge in [-0.15, -0.1) is 0 Å². The summed E-state index contributed by atoms with van der Waals surface area (Å²) < 4.78 is 18.7. The summed E-state index contributed by atoms with van der Waals surface area (Å²) in [6.45, 7) is 8.53. The van der Waals surface area contributed by atoms with Gasteiger partial charge in [0.2, 0.25) is 0 Å². The minimum Gasteiger partial charge on any atom is -0.488 e. The Morgan fingerprint density at radius 3 is 2.88 bits per heavy atom. The Labute approximate surface area is 106 Å². The maximum atomic E-state index is 13.2. The fourth-order valence-electron chi connectivity index (χ4n) is 1.56. The Balaban J connectivity index is 2.90. The third-order valence-electron chi connectivity index (χ3n) is 2.33. The fourth-order valence-corrected chi connectivity index (χ4v) is 1.62. The quantitative estimate of drug-likeness (QED) is 0.840. The highest BCUT2D eigenvalue weighted by Crippen LogP contribution is 2.26. The summed E-state index contributed by atoms with van der Waals surface area (Å²) in [7, 11) is 0. The Morgan fingerprint density at radius 1 is 1.59 bits per heavy atom. The van der Waals surface area contributed by atoms with Gasteiger partial charge < -0.3 is 10.1 Å². The molecule has 1 atom stereocenters. The number of hydrogen-bond acceptors (Lipinski definition) is 2. The van der Waals surface area contributed by atoms with Crippen LogP contribution >= 0.6 is 11.6 Å². The van der Waals surface area contributed by atoms with Crippen molar-refractivity contribution in [1.29, 1.82) is 0 Å². The second kappa shape index (κ2) is 6.62. The van der Waals surface area contributed by atoms with Crippen LogP contribution in [0, 0.1) is 5.82 Å². The Morgan fingerprint density at radius 2 is 2.29 bits per heavy atom. The molecule has 0 aliphatic heterocycles. The zero-order valence-electron chi connectivity index (χ0n) is 10.1. The molecular weight excluding hydrogens is 241 g/mol. The van der Waals surface area contributed by atoms with E-state index in [2.05, 4.69) is 11.9 Å². The maximum absolute atomic E-state index is 13.2. The van der Waals surface area contributed by atoms with Crippen molar-refractivity contribution >= 4 is 11.6 Å². The number of hydrogen-bond donors (Lipinski definition) is 1. The van der Waals surface area contributed by atoms with Gasteiger partial charge in [0.15, 0.2) is 0 Å². The molecular formula is C13H17ClFNO. The van der Waals surface area contributed by atoms with Crippen molar-refractivity contribution in [3.8, 4) is 5.75 Å². The first-order valence-electron chi connectivity index (χ1n) is 5.53. The van der Waals surface area contributed by atoms with E-state index in [-0.39, 0.29) is 18.5 Å². The van der Waals surface area contributed by atoms with Gasteiger partial charge in [-0.3, -0.25) is 0 Å². The molecule has 0 saturated heterocycles. The third-order valence-corrected chi connectivity index (χ3v) is 2.44. The topological polar surface area (TPSA) is 21.3 Å². The summed E-state index contributed by atoms with van der Waals surface area (Å²) in [5, 5.41) is 3.63. The first-order chi connectivity index (χ1) is 8.04. The zero-order valence-corrected chi connectivity index (χ0v) is 10.9. The minimum atomic E-state index is -0.276. The lowest BCUT2D eigenvalue weighted by atomic mass is 10.1. The van der Waals surface area contributed by atoms with Crippen molar-refractivity contribution in [2.24, 2.45) is 0 Å².